The van der Waals surface area contributed by atoms with Crippen molar-refractivity contribution in [2.45, 2.75) is 25.4 Å². The third-order valence-corrected chi connectivity index (χ3v) is 4.44. The van der Waals surface area contributed by atoms with Crippen molar-refractivity contribution in [1.82, 2.24) is 19.9 Å². The van der Waals surface area contributed by atoms with E-state index < -0.39 is 29.6 Å². The molecule has 9 heteroatoms. The number of rotatable bonds is 4. The lowest BCUT2D eigenvalue weighted by Crippen LogP contribution is -2.39. The van der Waals surface area contributed by atoms with Crippen LogP contribution in [0.1, 0.15) is 17.7 Å². The van der Waals surface area contributed by atoms with Gasteiger partial charge in [-0.25, -0.2) is 14.2 Å². The van der Waals surface area contributed by atoms with Crippen LogP contribution in [0.25, 0.3) is 11.4 Å². The molecule has 1 aliphatic heterocycles. The number of aliphatic carboxylic acids is 1. The molecule has 1 unspecified atom stereocenters. The van der Waals surface area contributed by atoms with Crippen molar-refractivity contribution < 1.29 is 19.1 Å². The van der Waals surface area contributed by atoms with Gasteiger partial charge in [0.15, 0.2) is 0 Å². The van der Waals surface area contributed by atoms with Crippen molar-refractivity contribution in [1.29, 1.82) is 0 Å². The number of carboxylic acids is 1. The van der Waals surface area contributed by atoms with Crippen LogP contribution in [0, 0.1) is 6.92 Å². The number of hydrogen-bond acceptors (Lipinski definition) is 5. The van der Waals surface area contributed by atoms with Gasteiger partial charge in [-0.1, -0.05) is 0 Å². The highest BCUT2D eigenvalue weighted by Crippen LogP contribution is 2.26. The fourth-order valence-corrected chi connectivity index (χ4v) is 2.88. The first-order valence-electron chi connectivity index (χ1n) is 8.00. The molecule has 1 fully saturated rings. The number of carbonyl (C=O) groups is 2. The number of H-pyrrole nitrogens is 1. The zero-order valence-corrected chi connectivity index (χ0v) is 14.0. The molecular weight excluding hydrogens is 343 g/mol. The Morgan fingerprint density at radius 2 is 2.23 bits per heavy atom. The number of hydrogen-bond donors (Lipinski definition) is 2. The number of likely N-dealkylation sites (tertiary alicyclic amines) is 1. The Kier molecular flexibility index (Phi) is 4.54. The predicted molar refractivity (Wildman–Crippen MR) is 89.2 cm³/mol. The van der Waals surface area contributed by atoms with E-state index in [9.17, 15) is 18.8 Å². The van der Waals surface area contributed by atoms with Crippen molar-refractivity contribution in [2.75, 3.05) is 13.1 Å². The molecule has 1 atom stereocenters. The molecule has 0 bridgehead atoms. The van der Waals surface area contributed by atoms with Crippen LogP contribution in [0.4, 0.5) is 4.39 Å². The number of pyridine rings is 1. The van der Waals surface area contributed by atoms with Crippen LogP contribution in [0.3, 0.4) is 0 Å². The summed E-state index contributed by atoms with van der Waals surface area (Å²) in [5.41, 5.74) is -1.71. The van der Waals surface area contributed by atoms with E-state index in [0.29, 0.717) is 17.1 Å². The molecule has 1 aliphatic rings. The van der Waals surface area contributed by atoms with Crippen molar-refractivity contribution in [2.24, 2.45) is 0 Å². The minimum Gasteiger partial charge on any atom is -0.479 e. The lowest BCUT2D eigenvalue weighted by atomic mass is 10.1. The van der Waals surface area contributed by atoms with Crippen molar-refractivity contribution in [3.63, 3.8) is 0 Å². The molecule has 0 aromatic carbocycles. The number of nitrogens with zero attached hydrogens (tertiary/aromatic N) is 3. The molecule has 8 nitrogen and oxygen atoms in total. The summed E-state index contributed by atoms with van der Waals surface area (Å²) in [6.07, 6.45) is 2.62. The van der Waals surface area contributed by atoms with Gasteiger partial charge in [0.05, 0.1) is 13.0 Å². The fraction of sp³-hybridized carbons (Fsp3) is 0.353. The summed E-state index contributed by atoms with van der Waals surface area (Å²) in [5.74, 6) is -1.74. The van der Waals surface area contributed by atoms with E-state index in [0.717, 1.165) is 4.90 Å². The van der Waals surface area contributed by atoms with Gasteiger partial charge in [0.25, 0.3) is 5.56 Å². The van der Waals surface area contributed by atoms with Crippen LogP contribution in [-0.2, 0) is 16.0 Å². The van der Waals surface area contributed by atoms with Gasteiger partial charge in [-0.05, 0) is 19.1 Å². The number of carboxylic acid groups (broad SMARTS) is 1. The Hall–Kier alpha value is -3.10. The van der Waals surface area contributed by atoms with Gasteiger partial charge in [-0.3, -0.25) is 14.6 Å². The summed E-state index contributed by atoms with van der Waals surface area (Å²) < 4.78 is 14.1. The molecule has 2 aromatic rings. The zero-order valence-electron chi connectivity index (χ0n) is 14.0. The first-order chi connectivity index (χ1) is 12.3. The van der Waals surface area contributed by atoms with Crippen molar-refractivity contribution in [3.8, 4) is 11.4 Å². The number of alkyl halides is 1. The Morgan fingerprint density at radius 1 is 1.46 bits per heavy atom. The molecule has 3 heterocycles. The summed E-state index contributed by atoms with van der Waals surface area (Å²) in [5, 5.41) is 8.91. The molecule has 0 saturated carbocycles. The summed E-state index contributed by atoms with van der Waals surface area (Å²) >= 11 is 0. The molecule has 1 saturated heterocycles. The Morgan fingerprint density at radius 3 is 2.81 bits per heavy atom. The molecule has 2 N–H and O–H groups in total. The van der Waals surface area contributed by atoms with Gasteiger partial charge in [0, 0.05) is 42.2 Å². The summed E-state index contributed by atoms with van der Waals surface area (Å²) in [4.78, 5) is 47.7. The van der Waals surface area contributed by atoms with Crippen LogP contribution in [-0.4, -0.2) is 55.6 Å². The topological polar surface area (TPSA) is 116 Å². The molecule has 0 aliphatic carbocycles. The quantitative estimate of drug-likeness (QED) is 0.829. The molecule has 1 amide bonds. The van der Waals surface area contributed by atoms with Crippen LogP contribution < -0.4 is 5.56 Å². The van der Waals surface area contributed by atoms with Crippen LogP contribution in [0.2, 0.25) is 0 Å². The minimum absolute atomic E-state index is 0.000216. The molecule has 0 radical (unpaired) electrons. The van der Waals surface area contributed by atoms with Gasteiger partial charge in [0.1, 0.15) is 5.82 Å². The molecule has 136 valence electrons. The standard InChI is InChI=1S/C17H17FN4O4/c1-10-12(7-13(23)22-6-4-17(18,9-22)16(25)26)15(24)21-14(20-10)11-3-2-5-19-8-11/h2-3,5,8H,4,6-7,9H2,1H3,(H,25,26)(H,20,21,24). The lowest BCUT2D eigenvalue weighted by molar-refractivity contribution is -0.150. The number of aromatic nitrogens is 3. The van der Waals surface area contributed by atoms with E-state index in [1.165, 1.54) is 0 Å². The largest absolute Gasteiger partial charge is 0.479 e. The number of nitrogens with one attached hydrogen (secondary N) is 1. The van der Waals surface area contributed by atoms with Gasteiger partial charge in [-0.2, -0.15) is 0 Å². The van der Waals surface area contributed by atoms with Gasteiger partial charge in [-0.15, -0.1) is 0 Å². The van der Waals surface area contributed by atoms with E-state index in [1.54, 1.807) is 31.5 Å². The van der Waals surface area contributed by atoms with Gasteiger partial charge >= 0.3 is 5.97 Å². The first kappa shape index (κ1) is 17.7. The smallest absolute Gasteiger partial charge is 0.343 e. The number of aromatic amines is 1. The summed E-state index contributed by atoms with van der Waals surface area (Å²) in [6.45, 7) is 1.09. The monoisotopic (exact) mass is 360 g/mol. The average molecular weight is 360 g/mol. The van der Waals surface area contributed by atoms with Crippen LogP contribution in [0.15, 0.2) is 29.3 Å². The van der Waals surface area contributed by atoms with E-state index in [1.807, 2.05) is 0 Å². The predicted octanol–water partition coefficient (Wildman–Crippen LogP) is 0.708. The summed E-state index contributed by atoms with van der Waals surface area (Å²) in [6, 6.07) is 3.45. The highest BCUT2D eigenvalue weighted by molar-refractivity contribution is 5.83. The Balaban J connectivity index is 1.80. The second kappa shape index (κ2) is 6.66. The number of halogens is 1. The number of carbonyl (C=O) groups excluding carboxylic acids is 1. The Bertz CT molecular complexity index is 915. The normalized spacial score (nSPS) is 19.5. The maximum atomic E-state index is 14.1. The molecule has 2 aromatic heterocycles. The van der Waals surface area contributed by atoms with E-state index in [2.05, 4.69) is 15.0 Å². The van der Waals surface area contributed by atoms with Crippen molar-refractivity contribution >= 4 is 11.9 Å². The second-order valence-electron chi connectivity index (χ2n) is 6.23. The second-order valence-corrected chi connectivity index (χ2v) is 6.23. The van der Waals surface area contributed by atoms with Crippen molar-refractivity contribution in [3.05, 3.63) is 46.1 Å². The number of aryl methyl sites for hydroxylation is 1. The molecule has 26 heavy (non-hydrogen) atoms. The summed E-state index contributed by atoms with van der Waals surface area (Å²) in [7, 11) is 0. The lowest BCUT2D eigenvalue weighted by Gasteiger charge is -2.18. The molecule has 0 spiro atoms. The zero-order chi connectivity index (χ0) is 18.9. The van der Waals surface area contributed by atoms with Gasteiger partial charge in [0.2, 0.25) is 11.6 Å². The average Bonchev–Trinajstić information content (AvgIpc) is 3.02. The van der Waals surface area contributed by atoms with Crippen LogP contribution in [0.5, 0.6) is 0 Å². The Labute approximate surface area is 147 Å². The maximum Gasteiger partial charge on any atom is 0.343 e. The third-order valence-electron chi connectivity index (χ3n) is 4.44. The number of amides is 1. The highest BCUT2D eigenvalue weighted by Gasteiger charge is 2.46. The maximum absolute atomic E-state index is 14.1. The minimum atomic E-state index is -2.43. The molecule has 3 rings (SSSR count). The van der Waals surface area contributed by atoms with Crippen LogP contribution >= 0.6 is 0 Å². The van der Waals surface area contributed by atoms with E-state index in [-0.39, 0.29) is 24.9 Å². The van der Waals surface area contributed by atoms with E-state index >= 15 is 0 Å². The van der Waals surface area contributed by atoms with Gasteiger partial charge < -0.3 is 15.0 Å². The fourth-order valence-electron chi connectivity index (χ4n) is 2.88. The SMILES string of the molecule is Cc1nc(-c2cccnc2)[nH]c(=O)c1CC(=O)N1CCC(F)(C(=O)O)C1. The van der Waals surface area contributed by atoms with E-state index in [4.69, 9.17) is 5.11 Å². The molecular formula is C17H17FN4O4. The highest BCUT2D eigenvalue weighted by atomic mass is 19.1. The first-order valence-corrected chi connectivity index (χ1v) is 8.00. The third kappa shape index (κ3) is 3.32.